The van der Waals surface area contributed by atoms with Crippen molar-refractivity contribution in [3.63, 3.8) is 0 Å². The van der Waals surface area contributed by atoms with Gasteiger partial charge in [-0.2, -0.15) is 4.31 Å². The first-order valence-corrected chi connectivity index (χ1v) is 11.0. The van der Waals surface area contributed by atoms with Crippen LogP contribution < -0.4 is 5.73 Å². The SMILES string of the molecule is Cc1cc(F)ccc1S(=O)(=O)N1CCC(c2c(C(N)=O)sc3ncccc23)C1. The Labute approximate surface area is 165 Å². The second kappa shape index (κ2) is 6.91. The summed E-state index contributed by atoms with van der Waals surface area (Å²) < 4.78 is 40.9. The summed E-state index contributed by atoms with van der Waals surface area (Å²) >= 11 is 1.23. The Morgan fingerprint density at radius 2 is 2.14 bits per heavy atom. The number of sulfonamides is 1. The van der Waals surface area contributed by atoms with E-state index in [0.717, 1.165) is 17.0 Å². The fraction of sp³-hybridized carbons (Fsp3) is 0.263. The molecule has 2 N–H and O–H groups in total. The summed E-state index contributed by atoms with van der Waals surface area (Å²) in [6.45, 7) is 2.13. The molecule has 0 spiro atoms. The molecular weight excluding hydrogens is 401 g/mol. The van der Waals surface area contributed by atoms with Gasteiger partial charge in [-0.05, 0) is 48.7 Å². The number of fused-ring (bicyclic) bond motifs is 1. The van der Waals surface area contributed by atoms with Gasteiger partial charge in [0.15, 0.2) is 0 Å². The van der Waals surface area contributed by atoms with E-state index < -0.39 is 21.7 Å². The maximum Gasteiger partial charge on any atom is 0.259 e. The fourth-order valence-electron chi connectivity index (χ4n) is 3.76. The number of nitrogens with zero attached hydrogens (tertiary/aromatic N) is 2. The van der Waals surface area contributed by atoms with Crippen LogP contribution in [0.25, 0.3) is 10.2 Å². The van der Waals surface area contributed by atoms with Crippen molar-refractivity contribution < 1.29 is 17.6 Å². The van der Waals surface area contributed by atoms with Gasteiger partial charge in [0, 0.05) is 30.6 Å². The lowest BCUT2D eigenvalue weighted by Gasteiger charge is -2.18. The van der Waals surface area contributed by atoms with Crippen molar-refractivity contribution >= 4 is 37.5 Å². The monoisotopic (exact) mass is 419 g/mol. The number of halogens is 1. The van der Waals surface area contributed by atoms with Gasteiger partial charge in [-0.15, -0.1) is 11.3 Å². The normalized spacial score (nSPS) is 18.0. The van der Waals surface area contributed by atoms with Crippen molar-refractivity contribution in [2.45, 2.75) is 24.2 Å². The van der Waals surface area contributed by atoms with Gasteiger partial charge in [0.25, 0.3) is 5.91 Å². The highest BCUT2D eigenvalue weighted by Gasteiger charge is 2.36. The Morgan fingerprint density at radius 1 is 1.36 bits per heavy atom. The first kappa shape index (κ1) is 19.0. The van der Waals surface area contributed by atoms with Crippen LogP contribution in [0.2, 0.25) is 0 Å². The van der Waals surface area contributed by atoms with Gasteiger partial charge in [-0.3, -0.25) is 4.79 Å². The van der Waals surface area contributed by atoms with Gasteiger partial charge in [-0.25, -0.2) is 17.8 Å². The number of carbonyl (C=O) groups excluding carboxylic acids is 1. The molecular formula is C19H18FN3O3S2. The zero-order chi connectivity index (χ0) is 20.1. The lowest BCUT2D eigenvalue weighted by molar-refractivity contribution is 0.100. The molecule has 4 rings (SSSR count). The molecule has 9 heteroatoms. The molecule has 6 nitrogen and oxygen atoms in total. The molecule has 0 aliphatic carbocycles. The number of aromatic nitrogens is 1. The Kier molecular flexibility index (Phi) is 4.68. The Morgan fingerprint density at radius 3 is 2.86 bits per heavy atom. The van der Waals surface area contributed by atoms with Crippen LogP contribution in [0.3, 0.4) is 0 Å². The van der Waals surface area contributed by atoms with E-state index in [0.29, 0.717) is 28.2 Å². The first-order valence-electron chi connectivity index (χ1n) is 8.72. The van der Waals surface area contributed by atoms with Crippen molar-refractivity contribution in [2.24, 2.45) is 5.73 Å². The molecule has 1 atom stereocenters. The molecule has 0 radical (unpaired) electrons. The second-order valence-electron chi connectivity index (χ2n) is 6.82. The Bertz CT molecular complexity index is 1190. The molecule has 3 aromatic rings. The molecule has 146 valence electrons. The lowest BCUT2D eigenvalue weighted by Crippen LogP contribution is -2.29. The summed E-state index contributed by atoms with van der Waals surface area (Å²) in [4.78, 5) is 17.5. The van der Waals surface area contributed by atoms with E-state index in [9.17, 15) is 17.6 Å². The van der Waals surface area contributed by atoms with Gasteiger partial charge in [0.1, 0.15) is 10.6 Å². The third kappa shape index (κ3) is 3.09. The van der Waals surface area contributed by atoms with E-state index in [2.05, 4.69) is 4.98 Å². The number of nitrogens with two attached hydrogens (primary N) is 1. The number of hydrogen-bond acceptors (Lipinski definition) is 5. The van der Waals surface area contributed by atoms with E-state index >= 15 is 0 Å². The summed E-state index contributed by atoms with van der Waals surface area (Å²) in [7, 11) is -3.76. The summed E-state index contributed by atoms with van der Waals surface area (Å²) in [6.07, 6.45) is 2.22. The Balaban J connectivity index is 1.71. The highest BCUT2D eigenvalue weighted by molar-refractivity contribution is 7.89. The van der Waals surface area contributed by atoms with Crippen LogP contribution in [0.15, 0.2) is 41.4 Å². The molecule has 1 aromatic carbocycles. The summed E-state index contributed by atoms with van der Waals surface area (Å²) in [5.74, 6) is -1.16. The van der Waals surface area contributed by atoms with Gasteiger partial charge in [-0.1, -0.05) is 6.07 Å². The summed E-state index contributed by atoms with van der Waals surface area (Å²) in [5.41, 5.74) is 6.71. The van der Waals surface area contributed by atoms with Crippen molar-refractivity contribution in [1.29, 1.82) is 0 Å². The van der Waals surface area contributed by atoms with Gasteiger partial charge in [0.05, 0.1) is 9.77 Å². The minimum absolute atomic E-state index is 0.0986. The molecule has 1 aliphatic heterocycles. The number of rotatable bonds is 4. The molecule has 3 heterocycles. The summed E-state index contributed by atoms with van der Waals surface area (Å²) in [5, 5.41) is 0.837. The molecule has 0 saturated carbocycles. The van der Waals surface area contributed by atoms with Crippen molar-refractivity contribution in [1.82, 2.24) is 9.29 Å². The molecule has 2 aromatic heterocycles. The topological polar surface area (TPSA) is 93.4 Å². The van der Waals surface area contributed by atoms with Crippen molar-refractivity contribution in [3.05, 3.63) is 58.3 Å². The maximum atomic E-state index is 13.4. The van der Waals surface area contributed by atoms with E-state index in [1.54, 1.807) is 19.2 Å². The standard InChI is InChI=1S/C19H18FN3O3S2/c1-11-9-13(20)4-5-15(11)28(25,26)23-8-6-12(10-23)16-14-3-2-7-22-19(14)27-17(16)18(21)24/h2-5,7,9,12H,6,8,10H2,1H3,(H2,21,24). The molecule has 1 aliphatic rings. The van der Waals surface area contributed by atoms with Gasteiger partial charge in [0.2, 0.25) is 10.0 Å². The zero-order valence-electron chi connectivity index (χ0n) is 15.1. The number of amides is 1. The number of thiophene rings is 1. The largest absolute Gasteiger partial charge is 0.365 e. The van der Waals surface area contributed by atoms with Crippen molar-refractivity contribution in [3.8, 4) is 0 Å². The van der Waals surface area contributed by atoms with E-state index in [1.807, 2.05) is 6.07 Å². The molecule has 0 bridgehead atoms. The van der Waals surface area contributed by atoms with Crippen LogP contribution in [0.1, 0.15) is 33.1 Å². The van der Waals surface area contributed by atoms with Crippen LogP contribution in [0.4, 0.5) is 4.39 Å². The van der Waals surface area contributed by atoms with Gasteiger partial charge < -0.3 is 5.73 Å². The Hall–Kier alpha value is -2.36. The quantitative estimate of drug-likeness (QED) is 0.703. The minimum atomic E-state index is -3.76. The van der Waals surface area contributed by atoms with Crippen molar-refractivity contribution in [2.75, 3.05) is 13.1 Å². The fourth-order valence-corrected chi connectivity index (χ4v) is 6.55. The highest BCUT2D eigenvalue weighted by atomic mass is 32.2. The molecule has 1 amide bonds. The van der Waals surface area contributed by atoms with Crippen LogP contribution >= 0.6 is 11.3 Å². The lowest BCUT2D eigenvalue weighted by atomic mass is 9.96. The van der Waals surface area contributed by atoms with E-state index in [4.69, 9.17) is 5.73 Å². The van der Waals surface area contributed by atoms with Crippen LogP contribution in [-0.4, -0.2) is 36.7 Å². The predicted octanol–water partition coefficient (Wildman–Crippen LogP) is 3.02. The number of pyridine rings is 1. The third-order valence-electron chi connectivity index (χ3n) is 5.04. The van der Waals surface area contributed by atoms with Crippen LogP contribution in [0.5, 0.6) is 0 Å². The second-order valence-corrected chi connectivity index (χ2v) is 9.73. The van der Waals surface area contributed by atoms with E-state index in [-0.39, 0.29) is 17.4 Å². The average Bonchev–Trinajstić information content (AvgIpc) is 3.26. The smallest absolute Gasteiger partial charge is 0.259 e. The number of aryl methyl sites for hydroxylation is 1. The number of primary amides is 1. The van der Waals surface area contributed by atoms with E-state index in [1.165, 1.54) is 27.8 Å². The predicted molar refractivity (Wildman–Crippen MR) is 105 cm³/mol. The number of carbonyl (C=O) groups is 1. The highest BCUT2D eigenvalue weighted by Crippen LogP contribution is 2.40. The first-order chi connectivity index (χ1) is 13.3. The maximum absolute atomic E-state index is 13.4. The van der Waals surface area contributed by atoms with Crippen LogP contribution in [0, 0.1) is 12.7 Å². The number of benzene rings is 1. The van der Waals surface area contributed by atoms with Gasteiger partial charge >= 0.3 is 0 Å². The molecule has 28 heavy (non-hydrogen) atoms. The summed E-state index contributed by atoms with van der Waals surface area (Å²) in [6, 6.07) is 7.32. The molecule has 1 saturated heterocycles. The minimum Gasteiger partial charge on any atom is -0.365 e. The molecule has 1 fully saturated rings. The average molecular weight is 420 g/mol. The molecule has 1 unspecified atom stereocenters. The number of hydrogen-bond donors (Lipinski definition) is 1. The van der Waals surface area contributed by atoms with Crippen LogP contribution in [-0.2, 0) is 10.0 Å². The third-order valence-corrected chi connectivity index (χ3v) is 8.21. The zero-order valence-corrected chi connectivity index (χ0v) is 16.7.